The number of hydrogen-bond donors (Lipinski definition) is 1. The van der Waals surface area contributed by atoms with Crippen LogP contribution in [-0.2, 0) is 9.84 Å². The molecule has 0 amide bonds. The SMILES string of the molecule is O=[N+]([O-])C1CS(=O)(=O)CC1O. The summed E-state index contributed by atoms with van der Waals surface area (Å²) in [6.07, 6.45) is -1.34. The summed E-state index contributed by atoms with van der Waals surface area (Å²) in [4.78, 5) is 9.33. The zero-order chi connectivity index (χ0) is 8.65. The Morgan fingerprint density at radius 2 is 2.00 bits per heavy atom. The van der Waals surface area contributed by atoms with Crippen LogP contribution in [0, 0.1) is 10.1 Å². The minimum atomic E-state index is -3.38. The van der Waals surface area contributed by atoms with Crippen LogP contribution in [0.25, 0.3) is 0 Å². The van der Waals surface area contributed by atoms with E-state index in [2.05, 4.69) is 0 Å². The summed E-state index contributed by atoms with van der Waals surface area (Å²) in [6.45, 7) is 0. The second-order valence-corrected chi connectivity index (χ2v) is 4.65. The van der Waals surface area contributed by atoms with E-state index < -0.39 is 38.4 Å². The predicted molar refractivity (Wildman–Crippen MR) is 35.4 cm³/mol. The number of nitrogens with zero attached hydrogens (tertiary/aromatic N) is 1. The van der Waals surface area contributed by atoms with Gasteiger partial charge in [0, 0.05) is 4.92 Å². The van der Waals surface area contributed by atoms with Crippen molar-refractivity contribution >= 4 is 9.84 Å². The smallest absolute Gasteiger partial charge is 0.253 e. The first-order valence-corrected chi connectivity index (χ1v) is 4.76. The maximum absolute atomic E-state index is 10.7. The van der Waals surface area contributed by atoms with Crippen molar-refractivity contribution in [3.63, 3.8) is 0 Å². The zero-order valence-electron chi connectivity index (χ0n) is 5.50. The van der Waals surface area contributed by atoms with Gasteiger partial charge in [-0.1, -0.05) is 0 Å². The van der Waals surface area contributed by atoms with E-state index in [0.717, 1.165) is 0 Å². The highest BCUT2D eigenvalue weighted by atomic mass is 32.2. The van der Waals surface area contributed by atoms with Gasteiger partial charge in [0.15, 0.2) is 9.84 Å². The molecule has 1 fully saturated rings. The van der Waals surface area contributed by atoms with Gasteiger partial charge in [-0.15, -0.1) is 0 Å². The van der Waals surface area contributed by atoms with Crippen molar-refractivity contribution in [1.29, 1.82) is 0 Å². The van der Waals surface area contributed by atoms with Crippen molar-refractivity contribution < 1.29 is 18.4 Å². The van der Waals surface area contributed by atoms with Gasteiger partial charge in [0.2, 0.25) is 0 Å². The molecular weight excluding hydrogens is 174 g/mol. The van der Waals surface area contributed by atoms with Crippen molar-refractivity contribution in [2.75, 3.05) is 11.5 Å². The minimum Gasteiger partial charge on any atom is -0.385 e. The molecule has 0 spiro atoms. The fraction of sp³-hybridized carbons (Fsp3) is 1.00. The molecule has 1 rings (SSSR count). The molecule has 1 saturated heterocycles. The van der Waals surface area contributed by atoms with Crippen LogP contribution in [0.1, 0.15) is 0 Å². The van der Waals surface area contributed by atoms with Gasteiger partial charge >= 0.3 is 0 Å². The molecule has 64 valence electrons. The summed E-state index contributed by atoms with van der Waals surface area (Å²) < 4.78 is 21.4. The lowest BCUT2D eigenvalue weighted by molar-refractivity contribution is -0.525. The van der Waals surface area contributed by atoms with E-state index in [1.54, 1.807) is 0 Å². The highest BCUT2D eigenvalue weighted by Gasteiger charge is 2.44. The lowest BCUT2D eigenvalue weighted by Crippen LogP contribution is -2.31. The molecule has 0 aliphatic carbocycles. The van der Waals surface area contributed by atoms with E-state index in [1.807, 2.05) is 0 Å². The lowest BCUT2D eigenvalue weighted by Gasteiger charge is -2.01. The Hall–Kier alpha value is -0.690. The number of aliphatic hydroxyl groups excluding tert-OH is 1. The Bertz CT molecular complexity index is 270. The van der Waals surface area contributed by atoms with E-state index >= 15 is 0 Å². The number of aliphatic hydroxyl groups is 1. The standard InChI is InChI=1S/C4H7NO5S/c6-4-2-11(9,10)1-3(4)5(7)8/h3-4,6H,1-2H2. The molecule has 2 atom stereocenters. The largest absolute Gasteiger partial charge is 0.385 e. The van der Waals surface area contributed by atoms with Crippen LogP contribution in [0.2, 0.25) is 0 Å². The van der Waals surface area contributed by atoms with Gasteiger partial charge in [0.25, 0.3) is 6.04 Å². The summed E-state index contributed by atoms with van der Waals surface area (Å²) >= 11 is 0. The Morgan fingerprint density at radius 1 is 1.45 bits per heavy atom. The van der Waals surface area contributed by atoms with Crippen molar-refractivity contribution in [1.82, 2.24) is 0 Å². The van der Waals surface area contributed by atoms with Gasteiger partial charge in [0.05, 0.1) is 5.75 Å². The van der Waals surface area contributed by atoms with Crippen LogP contribution < -0.4 is 0 Å². The third kappa shape index (κ3) is 1.66. The van der Waals surface area contributed by atoms with E-state index in [-0.39, 0.29) is 0 Å². The molecule has 0 radical (unpaired) electrons. The summed E-state index contributed by atoms with van der Waals surface area (Å²) in [6, 6.07) is -1.33. The third-order valence-electron chi connectivity index (χ3n) is 1.56. The molecule has 1 N–H and O–H groups in total. The van der Waals surface area contributed by atoms with Gasteiger partial charge in [-0.3, -0.25) is 10.1 Å². The van der Waals surface area contributed by atoms with Gasteiger partial charge in [-0.2, -0.15) is 0 Å². The molecule has 1 heterocycles. The van der Waals surface area contributed by atoms with Crippen molar-refractivity contribution in [3.05, 3.63) is 10.1 Å². The van der Waals surface area contributed by atoms with Gasteiger partial charge in [0.1, 0.15) is 11.9 Å². The topological polar surface area (TPSA) is 97.5 Å². The number of rotatable bonds is 1. The molecule has 0 aromatic carbocycles. The second-order valence-electron chi connectivity index (χ2n) is 2.50. The van der Waals surface area contributed by atoms with Crippen LogP contribution in [0.4, 0.5) is 0 Å². The lowest BCUT2D eigenvalue weighted by atomic mass is 10.2. The van der Waals surface area contributed by atoms with Crippen LogP contribution >= 0.6 is 0 Å². The first-order chi connectivity index (χ1) is 4.92. The summed E-state index contributed by atoms with van der Waals surface area (Å²) in [5.74, 6) is -1.03. The highest BCUT2D eigenvalue weighted by Crippen LogP contribution is 2.14. The van der Waals surface area contributed by atoms with Gasteiger partial charge < -0.3 is 5.11 Å². The average Bonchev–Trinajstić information content (AvgIpc) is 2.05. The van der Waals surface area contributed by atoms with Gasteiger partial charge in [-0.05, 0) is 0 Å². The molecule has 7 heteroatoms. The average molecular weight is 181 g/mol. The summed E-state index contributed by atoms with van der Waals surface area (Å²) in [5, 5.41) is 19.0. The first-order valence-electron chi connectivity index (χ1n) is 2.94. The highest BCUT2D eigenvalue weighted by molar-refractivity contribution is 7.91. The van der Waals surface area contributed by atoms with E-state index in [1.165, 1.54) is 0 Å². The molecule has 2 unspecified atom stereocenters. The van der Waals surface area contributed by atoms with Crippen molar-refractivity contribution in [3.8, 4) is 0 Å². The Morgan fingerprint density at radius 3 is 2.18 bits per heavy atom. The first kappa shape index (κ1) is 8.41. The quantitative estimate of drug-likeness (QED) is 0.389. The van der Waals surface area contributed by atoms with Crippen LogP contribution in [0.15, 0.2) is 0 Å². The number of hydrogen-bond acceptors (Lipinski definition) is 5. The van der Waals surface area contributed by atoms with E-state index in [4.69, 9.17) is 5.11 Å². The van der Waals surface area contributed by atoms with Crippen molar-refractivity contribution in [2.45, 2.75) is 12.1 Å². The summed E-state index contributed by atoms with van der Waals surface area (Å²) in [5.41, 5.74) is 0. The molecule has 6 nitrogen and oxygen atoms in total. The van der Waals surface area contributed by atoms with Crippen molar-refractivity contribution in [2.24, 2.45) is 0 Å². The maximum atomic E-state index is 10.7. The van der Waals surface area contributed by atoms with Crippen LogP contribution in [0.3, 0.4) is 0 Å². The van der Waals surface area contributed by atoms with E-state index in [0.29, 0.717) is 0 Å². The number of sulfone groups is 1. The molecule has 0 aromatic heterocycles. The second kappa shape index (κ2) is 2.42. The molecule has 0 bridgehead atoms. The zero-order valence-corrected chi connectivity index (χ0v) is 6.32. The monoisotopic (exact) mass is 181 g/mol. The fourth-order valence-corrected chi connectivity index (χ4v) is 2.75. The Labute approximate surface area is 62.9 Å². The van der Waals surface area contributed by atoms with E-state index in [9.17, 15) is 18.5 Å². The Kier molecular flexibility index (Phi) is 1.85. The third-order valence-corrected chi connectivity index (χ3v) is 3.26. The maximum Gasteiger partial charge on any atom is 0.253 e. The summed E-state index contributed by atoms with van der Waals surface area (Å²) in [7, 11) is -3.38. The van der Waals surface area contributed by atoms with Gasteiger partial charge in [-0.25, -0.2) is 8.42 Å². The molecule has 1 aliphatic heterocycles. The minimum absolute atomic E-state index is 0.487. The molecule has 0 aromatic rings. The normalized spacial score (nSPS) is 35.4. The van der Waals surface area contributed by atoms with Crippen LogP contribution in [0.5, 0.6) is 0 Å². The fourth-order valence-electron chi connectivity index (χ4n) is 1.01. The molecule has 11 heavy (non-hydrogen) atoms. The molecule has 1 aliphatic rings. The predicted octanol–water partition coefficient (Wildman–Crippen LogP) is -1.58. The number of nitro groups is 1. The molecular formula is C4H7NO5S. The Balaban J connectivity index is 2.83. The molecule has 0 saturated carbocycles. The van der Waals surface area contributed by atoms with Crippen LogP contribution in [-0.4, -0.2) is 42.1 Å².